The zero-order valence-electron chi connectivity index (χ0n) is 13.6. The SMILES string of the molecule is Cc1cccc(C#CC(C#Cc2cccc(C)c2)N(C)C)c1. The fourth-order valence-corrected chi connectivity index (χ4v) is 2.04. The Kier molecular flexibility index (Phi) is 5.42. The van der Waals surface area contributed by atoms with Crippen LogP contribution in [0, 0.1) is 37.5 Å². The molecular formula is C21H21N. The standard InChI is InChI=1S/C21H21N/c1-17-7-5-9-19(15-17)11-13-21(22(3)4)14-12-20-10-6-8-18(2)16-20/h5-10,15-16,21H,1-4H3. The van der Waals surface area contributed by atoms with Crippen LogP contribution in [0.3, 0.4) is 0 Å². The number of rotatable bonds is 1. The van der Waals surface area contributed by atoms with Gasteiger partial charge in [-0.3, -0.25) is 4.90 Å². The lowest BCUT2D eigenvalue weighted by atomic mass is 10.1. The molecule has 0 aliphatic carbocycles. The van der Waals surface area contributed by atoms with Crippen molar-refractivity contribution in [2.24, 2.45) is 0 Å². The van der Waals surface area contributed by atoms with Crippen molar-refractivity contribution in [1.29, 1.82) is 0 Å². The highest BCUT2D eigenvalue weighted by Gasteiger charge is 2.02. The maximum Gasteiger partial charge on any atom is 0.134 e. The Bertz CT molecular complexity index is 700. The highest BCUT2D eigenvalue weighted by Crippen LogP contribution is 2.04. The molecule has 0 bridgehead atoms. The summed E-state index contributed by atoms with van der Waals surface area (Å²) >= 11 is 0. The van der Waals surface area contributed by atoms with Crippen molar-refractivity contribution >= 4 is 0 Å². The molecule has 2 rings (SSSR count). The van der Waals surface area contributed by atoms with Gasteiger partial charge in [0, 0.05) is 11.1 Å². The third-order valence-electron chi connectivity index (χ3n) is 3.26. The molecule has 22 heavy (non-hydrogen) atoms. The van der Waals surface area contributed by atoms with Gasteiger partial charge in [0.05, 0.1) is 0 Å². The van der Waals surface area contributed by atoms with Crippen LogP contribution in [0.1, 0.15) is 22.3 Å². The summed E-state index contributed by atoms with van der Waals surface area (Å²) in [7, 11) is 4.00. The molecule has 0 aliphatic rings. The summed E-state index contributed by atoms with van der Waals surface area (Å²) in [5.41, 5.74) is 4.51. The first kappa shape index (κ1) is 15.9. The monoisotopic (exact) mass is 287 g/mol. The van der Waals surface area contributed by atoms with Crippen molar-refractivity contribution in [2.75, 3.05) is 14.1 Å². The smallest absolute Gasteiger partial charge is 0.134 e. The van der Waals surface area contributed by atoms with E-state index in [-0.39, 0.29) is 6.04 Å². The van der Waals surface area contributed by atoms with Crippen LogP contribution in [0.4, 0.5) is 0 Å². The first-order chi connectivity index (χ1) is 10.5. The largest absolute Gasteiger partial charge is 0.286 e. The number of hydrogen-bond donors (Lipinski definition) is 0. The molecule has 0 N–H and O–H groups in total. The van der Waals surface area contributed by atoms with Crippen LogP contribution in [0.2, 0.25) is 0 Å². The van der Waals surface area contributed by atoms with E-state index in [0.29, 0.717) is 0 Å². The Balaban J connectivity index is 2.22. The van der Waals surface area contributed by atoms with E-state index in [1.807, 2.05) is 43.3 Å². The minimum atomic E-state index is -0.0824. The molecule has 0 unspecified atom stereocenters. The first-order valence-corrected chi connectivity index (χ1v) is 7.37. The quantitative estimate of drug-likeness (QED) is 0.724. The number of nitrogens with zero attached hydrogens (tertiary/aromatic N) is 1. The lowest BCUT2D eigenvalue weighted by Crippen LogP contribution is -2.24. The van der Waals surface area contributed by atoms with Gasteiger partial charge in [-0.15, -0.1) is 0 Å². The molecule has 2 aromatic carbocycles. The molecule has 1 heteroatoms. The predicted octanol–water partition coefficient (Wildman–Crippen LogP) is 3.64. The average molecular weight is 287 g/mol. The molecule has 0 aliphatic heterocycles. The van der Waals surface area contributed by atoms with Crippen molar-refractivity contribution in [2.45, 2.75) is 19.9 Å². The van der Waals surface area contributed by atoms with Gasteiger partial charge in [0.15, 0.2) is 0 Å². The minimum Gasteiger partial charge on any atom is -0.286 e. The molecule has 110 valence electrons. The van der Waals surface area contributed by atoms with Crippen molar-refractivity contribution in [3.63, 3.8) is 0 Å². The minimum absolute atomic E-state index is 0.0824. The summed E-state index contributed by atoms with van der Waals surface area (Å²) in [6.07, 6.45) is 0. The molecule has 0 saturated heterocycles. The van der Waals surface area contributed by atoms with E-state index in [0.717, 1.165) is 11.1 Å². The molecule has 2 aromatic rings. The summed E-state index contributed by atoms with van der Waals surface area (Å²) in [6.45, 7) is 4.15. The average Bonchev–Trinajstić information content (AvgIpc) is 2.47. The zero-order chi connectivity index (χ0) is 15.9. The van der Waals surface area contributed by atoms with Gasteiger partial charge in [-0.25, -0.2) is 0 Å². The Morgan fingerprint density at radius 1 is 0.773 bits per heavy atom. The van der Waals surface area contributed by atoms with E-state index in [1.165, 1.54) is 11.1 Å². The van der Waals surface area contributed by atoms with E-state index >= 15 is 0 Å². The summed E-state index contributed by atoms with van der Waals surface area (Å²) in [5.74, 6) is 12.9. The van der Waals surface area contributed by atoms with Crippen molar-refractivity contribution < 1.29 is 0 Å². The molecule has 0 aromatic heterocycles. The molecule has 0 amide bonds. The fourth-order valence-electron chi connectivity index (χ4n) is 2.04. The topological polar surface area (TPSA) is 3.24 Å². The molecule has 0 heterocycles. The zero-order valence-corrected chi connectivity index (χ0v) is 13.6. The molecular weight excluding hydrogens is 266 g/mol. The van der Waals surface area contributed by atoms with Gasteiger partial charge in [-0.1, -0.05) is 47.9 Å². The van der Waals surface area contributed by atoms with Crippen LogP contribution < -0.4 is 0 Å². The normalized spacial score (nSPS) is 9.91. The summed E-state index contributed by atoms with van der Waals surface area (Å²) in [6, 6.07) is 16.4. The van der Waals surface area contributed by atoms with E-state index in [2.05, 4.69) is 61.8 Å². The summed E-state index contributed by atoms with van der Waals surface area (Å²) in [4.78, 5) is 2.03. The maximum absolute atomic E-state index is 3.25. The van der Waals surface area contributed by atoms with E-state index in [1.54, 1.807) is 0 Å². The van der Waals surface area contributed by atoms with Crippen molar-refractivity contribution in [3.8, 4) is 23.7 Å². The van der Waals surface area contributed by atoms with Gasteiger partial charge in [0.1, 0.15) is 6.04 Å². The summed E-state index contributed by atoms with van der Waals surface area (Å²) < 4.78 is 0. The second-order valence-corrected chi connectivity index (χ2v) is 5.64. The van der Waals surface area contributed by atoms with Crippen LogP contribution in [0.25, 0.3) is 0 Å². The van der Waals surface area contributed by atoms with Crippen LogP contribution in [0.15, 0.2) is 48.5 Å². The second-order valence-electron chi connectivity index (χ2n) is 5.64. The predicted molar refractivity (Wildman–Crippen MR) is 93.6 cm³/mol. The molecule has 1 nitrogen and oxygen atoms in total. The third-order valence-corrected chi connectivity index (χ3v) is 3.26. The second kappa shape index (κ2) is 7.51. The Hall–Kier alpha value is -2.48. The molecule has 0 radical (unpaired) electrons. The highest BCUT2D eigenvalue weighted by molar-refractivity contribution is 5.42. The van der Waals surface area contributed by atoms with Crippen molar-refractivity contribution in [3.05, 3.63) is 70.8 Å². The Morgan fingerprint density at radius 2 is 1.23 bits per heavy atom. The lowest BCUT2D eigenvalue weighted by Gasteiger charge is -2.12. The molecule has 0 saturated carbocycles. The van der Waals surface area contributed by atoms with Crippen molar-refractivity contribution in [1.82, 2.24) is 4.90 Å². The van der Waals surface area contributed by atoms with Crippen LogP contribution in [-0.4, -0.2) is 25.0 Å². The lowest BCUT2D eigenvalue weighted by molar-refractivity contribution is 0.409. The molecule has 0 fully saturated rings. The van der Waals surface area contributed by atoms with E-state index in [4.69, 9.17) is 0 Å². The summed E-state index contributed by atoms with van der Waals surface area (Å²) in [5, 5.41) is 0. The van der Waals surface area contributed by atoms with Gasteiger partial charge >= 0.3 is 0 Å². The van der Waals surface area contributed by atoms with Crippen LogP contribution in [0.5, 0.6) is 0 Å². The maximum atomic E-state index is 3.25. The number of hydrogen-bond acceptors (Lipinski definition) is 1. The van der Waals surface area contributed by atoms with Gasteiger partial charge in [0.2, 0.25) is 0 Å². The van der Waals surface area contributed by atoms with Crippen LogP contribution >= 0.6 is 0 Å². The van der Waals surface area contributed by atoms with Crippen LogP contribution in [-0.2, 0) is 0 Å². The fraction of sp³-hybridized carbons (Fsp3) is 0.238. The Labute approximate surface area is 134 Å². The van der Waals surface area contributed by atoms with Gasteiger partial charge in [0.25, 0.3) is 0 Å². The van der Waals surface area contributed by atoms with Gasteiger partial charge < -0.3 is 0 Å². The van der Waals surface area contributed by atoms with Gasteiger partial charge in [-0.2, -0.15) is 0 Å². The highest BCUT2D eigenvalue weighted by atomic mass is 15.1. The Morgan fingerprint density at radius 3 is 1.59 bits per heavy atom. The number of benzene rings is 2. The van der Waals surface area contributed by atoms with E-state index < -0.39 is 0 Å². The first-order valence-electron chi connectivity index (χ1n) is 7.37. The van der Waals surface area contributed by atoms with Gasteiger partial charge in [-0.05, 0) is 63.3 Å². The molecule has 0 spiro atoms. The third kappa shape index (κ3) is 4.81. The van der Waals surface area contributed by atoms with E-state index in [9.17, 15) is 0 Å². The molecule has 0 atom stereocenters. The number of aryl methyl sites for hydroxylation is 2.